The third kappa shape index (κ3) is 6.34. The van der Waals surface area contributed by atoms with E-state index in [9.17, 15) is 0 Å². The van der Waals surface area contributed by atoms with Crippen molar-refractivity contribution in [3.05, 3.63) is 155 Å². The van der Waals surface area contributed by atoms with Gasteiger partial charge < -0.3 is 13.5 Å². The molecule has 0 saturated heterocycles. The lowest BCUT2D eigenvalue weighted by Gasteiger charge is -2.39. The van der Waals surface area contributed by atoms with Crippen molar-refractivity contribution < 1.29 is 4.42 Å². The smallest absolute Gasteiger partial charge is 0.337 e. The first-order chi connectivity index (χ1) is 32.4. The Labute approximate surface area is 409 Å². The summed E-state index contributed by atoms with van der Waals surface area (Å²) in [6, 6.07) is 49.2. The van der Waals surface area contributed by atoms with Crippen molar-refractivity contribution in [2.24, 2.45) is 0 Å². The van der Waals surface area contributed by atoms with Gasteiger partial charge in [0.05, 0.1) is 11.0 Å². The van der Waals surface area contributed by atoms with Gasteiger partial charge in [-0.2, -0.15) is 0 Å². The number of hydrogen-bond donors (Lipinski definition) is 0. The molecule has 7 aromatic carbocycles. The fourth-order valence-corrected chi connectivity index (χ4v) is 11.7. The second-order valence-electron chi connectivity index (χ2n) is 25.5. The Morgan fingerprint density at radius 3 is 1.67 bits per heavy atom. The maximum Gasteiger partial charge on any atom is 0.337 e. The normalized spacial score (nSPS) is 14.2. The molecule has 0 bridgehead atoms. The molecule has 0 aliphatic carbocycles. The first kappa shape index (κ1) is 43.8. The molecular formula is C64H66BN3O. The molecule has 4 nitrogen and oxygen atoms in total. The van der Waals surface area contributed by atoms with Gasteiger partial charge in [0.25, 0.3) is 0 Å². The summed E-state index contributed by atoms with van der Waals surface area (Å²) in [5, 5.41) is 6.32. The summed E-state index contributed by atoms with van der Waals surface area (Å²) in [6.07, 6.45) is 0. The first-order valence-corrected chi connectivity index (χ1v) is 25.2. The van der Waals surface area contributed by atoms with Crippen LogP contribution in [0.2, 0.25) is 0 Å². The van der Waals surface area contributed by atoms with E-state index in [1.165, 1.54) is 105 Å². The topological polar surface area (TPSA) is 26.2 Å². The van der Waals surface area contributed by atoms with E-state index < -0.39 is 0 Å². The van der Waals surface area contributed by atoms with Gasteiger partial charge in [0.1, 0.15) is 5.58 Å². The van der Waals surface area contributed by atoms with Crippen LogP contribution in [0, 0.1) is 0 Å². The molecule has 346 valence electrons. The Morgan fingerprint density at radius 1 is 0.420 bits per heavy atom. The van der Waals surface area contributed by atoms with Crippen LogP contribution in [0.25, 0.3) is 71.4 Å². The Kier molecular flexibility index (Phi) is 8.94. The van der Waals surface area contributed by atoms with E-state index in [1.807, 2.05) is 0 Å². The minimum absolute atomic E-state index is 0.00628. The Bertz CT molecular complexity index is 3790. The summed E-state index contributed by atoms with van der Waals surface area (Å²) in [4.78, 5) is 2.49. The number of anilines is 3. The number of nitrogens with zero attached hydrogens (tertiary/aromatic N) is 3. The Balaban J connectivity index is 1.35. The molecule has 3 aromatic heterocycles. The van der Waals surface area contributed by atoms with Gasteiger partial charge in [-0.1, -0.05) is 171 Å². The molecule has 5 heteroatoms. The second kappa shape index (κ2) is 14.1. The molecule has 0 radical (unpaired) electrons. The molecule has 2 aliphatic heterocycles. The molecule has 0 amide bonds. The molecule has 5 heterocycles. The zero-order chi connectivity index (χ0) is 48.6. The quantitative estimate of drug-likeness (QED) is 0.162. The number of rotatable bonds is 2. The standard InChI is InChI=1S/C64H66BN3O/c1-60(2,3)37-25-28-42(29-26-37)67-52-35-40(63(10,11)12)32-47-53-56-45(43-23-19-20-24-50(43)66(56)41-21-17-16-18-22-41)36-46-44-31-38(61(4,5)6)27-30-51(44)68(57(46)53)65(54(47)52)55-48-33-39(62(7,8)9)34-49(64(13,14)15)58(48)69-59(55)67/h16-36H,1-15H3. The van der Waals surface area contributed by atoms with E-state index in [2.05, 4.69) is 245 Å². The Morgan fingerprint density at radius 2 is 1.01 bits per heavy atom. The summed E-state index contributed by atoms with van der Waals surface area (Å²) < 4.78 is 13.0. The van der Waals surface area contributed by atoms with E-state index in [0.717, 1.165) is 22.8 Å². The third-order valence-corrected chi connectivity index (χ3v) is 15.6. The molecular weight excluding hydrogens is 838 g/mol. The fourth-order valence-electron chi connectivity index (χ4n) is 11.7. The molecule has 10 aromatic rings. The molecule has 0 unspecified atom stereocenters. The van der Waals surface area contributed by atoms with Crippen LogP contribution in [0.4, 0.5) is 17.3 Å². The van der Waals surface area contributed by atoms with Crippen molar-refractivity contribution in [1.82, 2.24) is 9.05 Å². The molecule has 0 atom stereocenters. The number of hydrogen-bond acceptors (Lipinski definition) is 2. The van der Waals surface area contributed by atoms with E-state index in [4.69, 9.17) is 4.42 Å². The van der Waals surface area contributed by atoms with Crippen molar-refractivity contribution in [1.29, 1.82) is 0 Å². The van der Waals surface area contributed by atoms with E-state index in [-0.39, 0.29) is 33.9 Å². The highest BCUT2D eigenvalue weighted by Crippen LogP contribution is 2.53. The maximum absolute atomic E-state index is 7.69. The van der Waals surface area contributed by atoms with Gasteiger partial charge in [-0.15, -0.1) is 0 Å². The highest BCUT2D eigenvalue weighted by atomic mass is 16.4. The fraction of sp³-hybridized carbons (Fsp3) is 0.312. The van der Waals surface area contributed by atoms with Gasteiger partial charge in [0.15, 0.2) is 0 Å². The van der Waals surface area contributed by atoms with Crippen LogP contribution in [0.3, 0.4) is 0 Å². The summed E-state index contributed by atoms with van der Waals surface area (Å²) >= 11 is 0. The van der Waals surface area contributed by atoms with Gasteiger partial charge in [-0.3, -0.25) is 4.90 Å². The number of para-hydroxylation sites is 2. The summed E-state index contributed by atoms with van der Waals surface area (Å²) in [5.41, 5.74) is 20.6. The van der Waals surface area contributed by atoms with Crippen LogP contribution >= 0.6 is 0 Å². The van der Waals surface area contributed by atoms with Crippen LogP contribution in [-0.4, -0.2) is 15.9 Å². The first-order valence-electron chi connectivity index (χ1n) is 25.2. The van der Waals surface area contributed by atoms with Crippen molar-refractivity contribution in [2.75, 3.05) is 4.90 Å². The van der Waals surface area contributed by atoms with Gasteiger partial charge in [-0.05, 0) is 121 Å². The summed E-state index contributed by atoms with van der Waals surface area (Å²) in [6.45, 7) is 34.9. The summed E-state index contributed by atoms with van der Waals surface area (Å²) in [5.74, 6) is 0.906. The van der Waals surface area contributed by atoms with Crippen molar-refractivity contribution in [3.8, 4) is 16.8 Å². The number of benzene rings is 7. The molecule has 0 N–H and O–H groups in total. The molecule has 2 aliphatic rings. The SMILES string of the molecule is CC(C)(C)c1ccc(N2c3cc(C(C)(C)C)cc4c3B(c3c2oc2c(C(C)(C)C)cc(C(C)(C)C)cc32)n2c3ccc(C(C)(C)C)cc3c3cc5c6ccccc6n(-c6ccccc6)c5c-4c32)cc1. The van der Waals surface area contributed by atoms with Crippen LogP contribution < -0.4 is 15.8 Å². The van der Waals surface area contributed by atoms with Gasteiger partial charge >= 0.3 is 6.85 Å². The average molecular weight is 904 g/mol. The molecule has 12 rings (SSSR count). The van der Waals surface area contributed by atoms with Crippen molar-refractivity contribution in [2.45, 2.75) is 131 Å². The van der Waals surface area contributed by atoms with E-state index >= 15 is 0 Å². The lowest BCUT2D eigenvalue weighted by Crippen LogP contribution is -2.56. The monoisotopic (exact) mass is 904 g/mol. The van der Waals surface area contributed by atoms with Crippen LogP contribution in [-0.2, 0) is 27.1 Å². The van der Waals surface area contributed by atoms with Crippen LogP contribution in [0.5, 0.6) is 0 Å². The van der Waals surface area contributed by atoms with Crippen molar-refractivity contribution >= 4 is 89.6 Å². The second-order valence-corrected chi connectivity index (χ2v) is 25.5. The van der Waals surface area contributed by atoms with Crippen LogP contribution in [0.1, 0.15) is 132 Å². The van der Waals surface area contributed by atoms with Crippen molar-refractivity contribution in [3.63, 3.8) is 0 Å². The molecule has 69 heavy (non-hydrogen) atoms. The Hall–Kier alpha value is -6.46. The zero-order valence-electron chi connectivity index (χ0n) is 43.5. The maximum atomic E-state index is 7.69. The minimum atomic E-state index is -0.187. The summed E-state index contributed by atoms with van der Waals surface area (Å²) in [7, 11) is 0. The number of aromatic nitrogens is 2. The van der Waals surface area contributed by atoms with E-state index in [1.54, 1.807) is 0 Å². The largest absolute Gasteiger partial charge is 0.440 e. The third-order valence-electron chi connectivity index (χ3n) is 15.6. The average Bonchev–Trinajstić information content (AvgIpc) is 3.94. The highest BCUT2D eigenvalue weighted by Gasteiger charge is 2.48. The highest BCUT2D eigenvalue weighted by molar-refractivity contribution is 6.91. The lowest BCUT2D eigenvalue weighted by atomic mass is 9.45. The van der Waals surface area contributed by atoms with Gasteiger partial charge in [0.2, 0.25) is 5.88 Å². The molecule has 0 spiro atoms. The van der Waals surface area contributed by atoms with E-state index in [0.29, 0.717) is 0 Å². The number of fused-ring (bicyclic) bond motifs is 13. The minimum Gasteiger partial charge on any atom is -0.440 e. The van der Waals surface area contributed by atoms with Gasteiger partial charge in [0, 0.05) is 71.6 Å². The predicted molar refractivity (Wildman–Crippen MR) is 298 cm³/mol. The predicted octanol–water partition coefficient (Wildman–Crippen LogP) is 16.5. The van der Waals surface area contributed by atoms with Gasteiger partial charge in [-0.25, -0.2) is 0 Å². The van der Waals surface area contributed by atoms with Crippen LogP contribution in [0.15, 0.2) is 132 Å². The zero-order valence-corrected chi connectivity index (χ0v) is 43.5. The molecule has 0 saturated carbocycles. The number of furan rings is 1. The lowest BCUT2D eigenvalue weighted by molar-refractivity contribution is 0.552. The molecule has 0 fully saturated rings.